The van der Waals surface area contributed by atoms with Gasteiger partial charge in [0.1, 0.15) is 11.5 Å². The maximum atomic E-state index is 10.8. The molecule has 6 nitrogen and oxygen atoms in total. The molecule has 0 aromatic heterocycles. The Bertz CT molecular complexity index is 1280. The molecule has 4 rings (SSSR count). The summed E-state index contributed by atoms with van der Waals surface area (Å²) < 4.78 is 10.3. The topological polar surface area (TPSA) is 99.1 Å². The van der Waals surface area contributed by atoms with Crippen LogP contribution < -0.4 is 14.6 Å². The van der Waals surface area contributed by atoms with Crippen molar-refractivity contribution < 1.29 is 29.6 Å². The summed E-state index contributed by atoms with van der Waals surface area (Å²) >= 11 is 0. The van der Waals surface area contributed by atoms with Crippen LogP contribution in [0.4, 0.5) is 0 Å². The number of rotatable bonds is 6. The van der Waals surface area contributed by atoms with E-state index in [0.29, 0.717) is 0 Å². The van der Waals surface area contributed by atoms with Crippen LogP contribution >= 0.6 is 0 Å². The summed E-state index contributed by atoms with van der Waals surface area (Å²) in [6.07, 6.45) is -1.33. The molecule has 0 radical (unpaired) electrons. The van der Waals surface area contributed by atoms with Crippen LogP contribution in [0, 0.1) is 0 Å². The van der Waals surface area contributed by atoms with E-state index in [1.54, 1.807) is 28.1 Å². The maximum Gasteiger partial charge on any atom is 0.158 e. The molecule has 0 aliphatic rings. The zero-order valence-electron chi connectivity index (χ0n) is 19.7. The van der Waals surface area contributed by atoms with Crippen LogP contribution in [0.15, 0.2) is 72.8 Å². The van der Waals surface area contributed by atoms with Crippen LogP contribution in [0.3, 0.4) is 0 Å². The highest BCUT2D eigenvalue weighted by molar-refractivity contribution is 5.86. The minimum Gasteiger partial charge on any atom is -0.550 e. The predicted molar refractivity (Wildman–Crippen MR) is 131 cm³/mol. The number of aliphatic hydroxyl groups is 2. The number of carboxylic acid groups (broad SMARTS) is 1. The molecule has 178 valence electrons. The van der Waals surface area contributed by atoms with Crippen LogP contribution in [0.5, 0.6) is 11.5 Å². The first-order valence-electron chi connectivity index (χ1n) is 11.0. The molecular formula is C28H29O6-. The minimum atomic E-state index is -1.33. The van der Waals surface area contributed by atoms with Gasteiger partial charge in [-0.05, 0) is 56.9 Å². The van der Waals surface area contributed by atoms with Gasteiger partial charge in [-0.1, -0.05) is 62.4 Å². The molecule has 0 saturated carbocycles. The van der Waals surface area contributed by atoms with E-state index in [-0.39, 0.29) is 5.92 Å². The smallest absolute Gasteiger partial charge is 0.158 e. The second-order valence-corrected chi connectivity index (χ2v) is 8.19. The Labute approximate surface area is 199 Å². The van der Waals surface area contributed by atoms with Crippen molar-refractivity contribution in [2.75, 3.05) is 14.2 Å². The van der Waals surface area contributed by atoms with Crippen molar-refractivity contribution in [2.24, 2.45) is 0 Å². The fraction of sp³-hybridized carbons (Fsp3) is 0.250. The number of aliphatic carboxylic acids is 1. The van der Waals surface area contributed by atoms with E-state index in [1.165, 1.54) is 0 Å². The molecule has 34 heavy (non-hydrogen) atoms. The number of benzene rings is 4. The van der Waals surface area contributed by atoms with Crippen molar-refractivity contribution >= 4 is 27.5 Å². The van der Waals surface area contributed by atoms with Gasteiger partial charge in [-0.15, -0.1) is 0 Å². The van der Waals surface area contributed by atoms with Crippen molar-refractivity contribution in [3.05, 3.63) is 83.9 Å². The lowest BCUT2D eigenvalue weighted by Gasteiger charge is -2.14. The van der Waals surface area contributed by atoms with E-state index in [0.717, 1.165) is 44.2 Å². The molecule has 0 aliphatic heterocycles. The Balaban J connectivity index is 0.000000191. The third-order valence-electron chi connectivity index (χ3n) is 5.97. The molecule has 2 unspecified atom stereocenters. The van der Waals surface area contributed by atoms with Gasteiger partial charge >= 0.3 is 0 Å². The Morgan fingerprint density at radius 2 is 1.12 bits per heavy atom. The zero-order valence-corrected chi connectivity index (χ0v) is 19.7. The lowest BCUT2D eigenvalue weighted by Crippen LogP contribution is -2.27. The zero-order chi connectivity index (χ0) is 24.8. The highest BCUT2D eigenvalue weighted by atomic mass is 16.5. The number of hydrogen-bond donors (Lipinski definition) is 2. The van der Waals surface area contributed by atoms with Crippen LogP contribution in [-0.4, -0.2) is 36.7 Å². The fourth-order valence-electron chi connectivity index (χ4n) is 3.60. The lowest BCUT2D eigenvalue weighted by molar-refractivity contribution is -0.307. The van der Waals surface area contributed by atoms with Gasteiger partial charge in [-0.3, -0.25) is 0 Å². The predicted octanol–water partition coefficient (Wildman–Crippen LogP) is 3.96. The first-order valence-corrected chi connectivity index (χ1v) is 11.0. The summed E-state index contributed by atoms with van der Waals surface area (Å²) in [5.41, 5.74) is 1.67. The highest BCUT2D eigenvalue weighted by Crippen LogP contribution is 2.26. The standard InChI is InChI=1S/C14H16O3.C14H14O3/c2*1-9(14(15)16)10-3-4-12-8-13(17-2)6-5-11(12)7-10/h3-9,14-16H,1-2H3;3-9H,1-2H3,(H,15,16)/p-1. The molecule has 0 heterocycles. The molecule has 0 fully saturated rings. The molecule has 4 aromatic carbocycles. The Kier molecular flexibility index (Phi) is 8.10. The fourth-order valence-corrected chi connectivity index (χ4v) is 3.60. The summed E-state index contributed by atoms with van der Waals surface area (Å²) in [6.45, 7) is 3.41. The molecular weight excluding hydrogens is 432 g/mol. The largest absolute Gasteiger partial charge is 0.550 e. The first kappa shape index (κ1) is 25.0. The SMILES string of the molecule is COc1ccc2cc(C(C)C(=O)[O-])ccc2c1.COc1ccc2cc(C(C)C(O)O)ccc2c1. The van der Waals surface area contributed by atoms with Crippen LogP contribution in [0.25, 0.3) is 21.5 Å². The van der Waals surface area contributed by atoms with E-state index in [2.05, 4.69) is 0 Å². The highest BCUT2D eigenvalue weighted by Gasteiger charge is 2.13. The molecule has 2 atom stereocenters. The normalized spacial score (nSPS) is 12.7. The third kappa shape index (κ3) is 5.84. The minimum absolute atomic E-state index is 0.290. The van der Waals surface area contributed by atoms with Gasteiger partial charge in [0.25, 0.3) is 0 Å². The van der Waals surface area contributed by atoms with E-state index >= 15 is 0 Å². The van der Waals surface area contributed by atoms with Crippen LogP contribution in [-0.2, 0) is 4.79 Å². The van der Waals surface area contributed by atoms with Crippen LogP contribution in [0.2, 0.25) is 0 Å². The molecule has 0 aliphatic carbocycles. The number of ether oxygens (including phenoxy) is 2. The van der Waals surface area contributed by atoms with Gasteiger partial charge in [0, 0.05) is 17.8 Å². The third-order valence-corrected chi connectivity index (χ3v) is 5.97. The summed E-state index contributed by atoms with van der Waals surface area (Å²) in [5, 5.41) is 33.3. The van der Waals surface area contributed by atoms with Crippen molar-refractivity contribution in [2.45, 2.75) is 32.0 Å². The van der Waals surface area contributed by atoms with E-state index in [1.807, 2.05) is 72.8 Å². The Morgan fingerprint density at radius 3 is 1.56 bits per heavy atom. The molecule has 4 aromatic rings. The van der Waals surface area contributed by atoms with E-state index < -0.39 is 18.2 Å². The van der Waals surface area contributed by atoms with E-state index in [4.69, 9.17) is 19.7 Å². The summed E-state index contributed by atoms with van der Waals surface area (Å²) in [4.78, 5) is 10.8. The summed E-state index contributed by atoms with van der Waals surface area (Å²) in [6, 6.07) is 22.9. The second kappa shape index (κ2) is 11.0. The molecule has 0 saturated heterocycles. The van der Waals surface area contributed by atoms with Gasteiger partial charge in [-0.2, -0.15) is 0 Å². The van der Waals surface area contributed by atoms with E-state index in [9.17, 15) is 9.90 Å². The quantitative estimate of drug-likeness (QED) is 0.422. The Morgan fingerprint density at radius 1 is 0.706 bits per heavy atom. The molecule has 0 spiro atoms. The monoisotopic (exact) mass is 461 g/mol. The average Bonchev–Trinajstić information content (AvgIpc) is 2.86. The maximum absolute atomic E-state index is 10.8. The molecule has 0 amide bonds. The first-order chi connectivity index (χ1) is 16.2. The van der Waals surface area contributed by atoms with Gasteiger partial charge in [-0.25, -0.2) is 0 Å². The number of carbonyl (C=O) groups excluding carboxylic acids is 1. The van der Waals surface area contributed by atoms with Crippen LogP contribution in [0.1, 0.15) is 36.8 Å². The number of aliphatic hydroxyl groups excluding tert-OH is 1. The second-order valence-electron chi connectivity index (χ2n) is 8.19. The number of carbonyl (C=O) groups is 1. The van der Waals surface area contributed by atoms with Crippen molar-refractivity contribution in [3.63, 3.8) is 0 Å². The number of methoxy groups -OCH3 is 2. The summed E-state index contributed by atoms with van der Waals surface area (Å²) in [7, 11) is 3.26. The molecule has 2 N–H and O–H groups in total. The van der Waals surface area contributed by atoms with Gasteiger partial charge in [0.2, 0.25) is 0 Å². The van der Waals surface area contributed by atoms with Crippen molar-refractivity contribution in [1.82, 2.24) is 0 Å². The molecule has 6 heteroatoms. The summed E-state index contributed by atoms with van der Waals surface area (Å²) in [5.74, 6) is -0.334. The van der Waals surface area contributed by atoms with Gasteiger partial charge in [0.05, 0.1) is 14.2 Å². The van der Waals surface area contributed by atoms with Crippen molar-refractivity contribution in [1.29, 1.82) is 0 Å². The molecule has 0 bridgehead atoms. The van der Waals surface area contributed by atoms with Crippen molar-refractivity contribution in [3.8, 4) is 11.5 Å². The van der Waals surface area contributed by atoms with Gasteiger partial charge < -0.3 is 29.6 Å². The number of hydrogen-bond acceptors (Lipinski definition) is 6. The number of carboxylic acids is 1. The number of fused-ring (bicyclic) bond motifs is 2. The lowest BCUT2D eigenvalue weighted by atomic mass is 9.97. The average molecular weight is 462 g/mol. The Hall–Kier alpha value is -3.61. The van der Waals surface area contributed by atoms with Gasteiger partial charge in [0.15, 0.2) is 6.29 Å².